The second-order valence-corrected chi connectivity index (χ2v) is 6.31. The first-order valence-corrected chi connectivity index (χ1v) is 7.54. The van der Waals surface area contributed by atoms with Crippen LogP contribution in [0.5, 0.6) is 0 Å². The minimum absolute atomic E-state index is 0.128. The monoisotopic (exact) mass is 270 g/mol. The van der Waals surface area contributed by atoms with E-state index in [2.05, 4.69) is 24.2 Å². The van der Waals surface area contributed by atoms with E-state index in [1.165, 1.54) is 19.3 Å². The Morgan fingerprint density at radius 3 is 2.70 bits per heavy atom. The minimum Gasteiger partial charge on any atom is -0.299 e. The molecule has 1 aliphatic rings. The Hall–Kier alpha value is -1.64. The van der Waals surface area contributed by atoms with Crippen molar-refractivity contribution in [3.63, 3.8) is 0 Å². The molecule has 0 radical (unpaired) electrons. The Kier molecular flexibility index (Phi) is 3.36. The van der Waals surface area contributed by atoms with Crippen molar-refractivity contribution in [1.82, 2.24) is 9.78 Å². The summed E-state index contributed by atoms with van der Waals surface area (Å²) in [5, 5.41) is 5.67. The van der Waals surface area contributed by atoms with E-state index in [-0.39, 0.29) is 5.41 Å². The van der Waals surface area contributed by atoms with Crippen LogP contribution in [0.15, 0.2) is 24.3 Å². The molecule has 0 amide bonds. The Labute approximate surface area is 120 Å². The lowest BCUT2D eigenvalue weighted by atomic mass is 9.71. The van der Waals surface area contributed by atoms with E-state index in [9.17, 15) is 4.79 Å². The fourth-order valence-electron chi connectivity index (χ4n) is 3.40. The molecule has 1 saturated carbocycles. The van der Waals surface area contributed by atoms with Crippen LogP contribution in [0.4, 0.5) is 0 Å². The highest BCUT2D eigenvalue weighted by molar-refractivity contribution is 5.91. The van der Waals surface area contributed by atoms with Crippen LogP contribution in [-0.4, -0.2) is 15.6 Å². The number of benzene rings is 1. The third kappa shape index (κ3) is 2.26. The molecule has 106 valence electrons. The summed E-state index contributed by atoms with van der Waals surface area (Å²) in [6, 6.07) is 8.14. The number of hydrogen-bond donors (Lipinski definition) is 0. The van der Waals surface area contributed by atoms with E-state index < -0.39 is 0 Å². The lowest BCUT2D eigenvalue weighted by Gasteiger charge is -2.31. The molecule has 1 aliphatic carbocycles. The molecule has 0 unspecified atom stereocenters. The van der Waals surface area contributed by atoms with Gasteiger partial charge in [-0.25, -0.2) is 0 Å². The number of para-hydroxylation sites is 1. The molecular formula is C17H22N2O. The molecule has 0 aliphatic heterocycles. The number of fused-ring (bicyclic) bond motifs is 1. The van der Waals surface area contributed by atoms with Gasteiger partial charge in [0.25, 0.3) is 0 Å². The smallest absolute Gasteiger partial charge is 0.144 e. The Balaban J connectivity index is 1.88. The van der Waals surface area contributed by atoms with Crippen molar-refractivity contribution in [3.05, 3.63) is 30.0 Å². The number of ketones is 1. The molecule has 1 aromatic carbocycles. The van der Waals surface area contributed by atoms with Crippen LogP contribution in [0, 0.1) is 5.41 Å². The van der Waals surface area contributed by atoms with Crippen LogP contribution in [-0.2, 0) is 18.3 Å². The van der Waals surface area contributed by atoms with Gasteiger partial charge in [0, 0.05) is 17.8 Å². The molecule has 0 atom stereocenters. The van der Waals surface area contributed by atoms with Gasteiger partial charge in [-0.3, -0.25) is 9.48 Å². The normalized spacial score (nSPS) is 18.3. The fraction of sp³-hybridized carbons (Fsp3) is 0.529. The third-order valence-corrected chi connectivity index (χ3v) is 4.79. The zero-order valence-electron chi connectivity index (χ0n) is 12.4. The highest BCUT2D eigenvalue weighted by Gasteiger charge is 2.34. The van der Waals surface area contributed by atoms with E-state index in [0.717, 1.165) is 29.4 Å². The summed E-state index contributed by atoms with van der Waals surface area (Å²) in [6.07, 6.45) is 6.19. The molecule has 0 N–H and O–H groups in total. The molecule has 2 aromatic rings. The topological polar surface area (TPSA) is 34.9 Å². The maximum Gasteiger partial charge on any atom is 0.144 e. The van der Waals surface area contributed by atoms with Gasteiger partial charge in [0.1, 0.15) is 5.78 Å². The second-order valence-electron chi connectivity index (χ2n) is 6.31. The molecule has 3 heteroatoms. The number of hydrogen-bond acceptors (Lipinski definition) is 2. The van der Waals surface area contributed by atoms with Crippen molar-refractivity contribution >= 4 is 16.7 Å². The van der Waals surface area contributed by atoms with Crippen molar-refractivity contribution in [2.24, 2.45) is 12.5 Å². The number of carbonyl (C=O) groups is 1. The minimum atomic E-state index is -0.128. The summed E-state index contributed by atoms with van der Waals surface area (Å²) < 4.78 is 1.88. The van der Waals surface area contributed by atoms with Gasteiger partial charge >= 0.3 is 0 Å². The predicted octanol–water partition coefficient (Wildman–Crippen LogP) is 3.66. The average Bonchev–Trinajstić information content (AvgIpc) is 2.77. The molecule has 1 aromatic heterocycles. The molecule has 3 rings (SSSR count). The maximum atomic E-state index is 12.7. The molecule has 1 fully saturated rings. The van der Waals surface area contributed by atoms with Crippen molar-refractivity contribution in [3.8, 4) is 0 Å². The molecular weight excluding hydrogens is 248 g/mol. The van der Waals surface area contributed by atoms with Crippen molar-refractivity contribution in [2.45, 2.75) is 45.4 Å². The van der Waals surface area contributed by atoms with Crippen LogP contribution in [0.1, 0.15) is 44.7 Å². The first kappa shape index (κ1) is 13.3. The lowest BCUT2D eigenvalue weighted by Crippen LogP contribution is -2.31. The zero-order valence-corrected chi connectivity index (χ0v) is 12.4. The SMILES string of the molecule is Cn1nc(CC(=O)C2(C)CCCCC2)c2ccccc21. The van der Waals surface area contributed by atoms with Gasteiger partial charge in [-0.15, -0.1) is 0 Å². The lowest BCUT2D eigenvalue weighted by molar-refractivity contribution is -0.128. The summed E-state index contributed by atoms with van der Waals surface area (Å²) in [4.78, 5) is 12.7. The van der Waals surface area contributed by atoms with Gasteiger partial charge < -0.3 is 0 Å². The number of aryl methyl sites for hydroxylation is 1. The van der Waals surface area contributed by atoms with Crippen LogP contribution >= 0.6 is 0 Å². The van der Waals surface area contributed by atoms with E-state index in [0.29, 0.717) is 12.2 Å². The number of rotatable bonds is 3. The van der Waals surface area contributed by atoms with Gasteiger partial charge in [-0.05, 0) is 18.9 Å². The van der Waals surface area contributed by atoms with Crippen LogP contribution in [0.25, 0.3) is 10.9 Å². The van der Waals surface area contributed by atoms with Gasteiger partial charge in [-0.2, -0.15) is 5.10 Å². The van der Waals surface area contributed by atoms with E-state index in [4.69, 9.17) is 0 Å². The first-order valence-electron chi connectivity index (χ1n) is 7.54. The molecule has 0 bridgehead atoms. The van der Waals surface area contributed by atoms with Crippen molar-refractivity contribution in [1.29, 1.82) is 0 Å². The van der Waals surface area contributed by atoms with Crippen molar-refractivity contribution in [2.75, 3.05) is 0 Å². The quantitative estimate of drug-likeness (QED) is 0.853. The standard InChI is InChI=1S/C17H22N2O/c1-17(10-6-3-7-11-17)16(20)12-14-13-8-4-5-9-15(13)19(2)18-14/h4-5,8-9H,3,6-7,10-12H2,1-2H3. The summed E-state index contributed by atoms with van der Waals surface area (Å²) in [5.74, 6) is 0.362. The maximum absolute atomic E-state index is 12.7. The van der Waals surface area contributed by atoms with Gasteiger partial charge in [0.05, 0.1) is 17.6 Å². The van der Waals surface area contributed by atoms with E-state index >= 15 is 0 Å². The van der Waals surface area contributed by atoms with Crippen molar-refractivity contribution < 1.29 is 4.79 Å². The highest BCUT2D eigenvalue weighted by Crippen LogP contribution is 2.37. The van der Waals surface area contributed by atoms with Crippen LogP contribution < -0.4 is 0 Å². The second kappa shape index (κ2) is 5.04. The first-order chi connectivity index (χ1) is 9.60. The Morgan fingerprint density at radius 2 is 1.95 bits per heavy atom. The van der Waals surface area contributed by atoms with Gasteiger partial charge in [0.2, 0.25) is 0 Å². The molecule has 1 heterocycles. The molecule has 3 nitrogen and oxygen atoms in total. The van der Waals surface area contributed by atoms with Gasteiger partial charge in [0.15, 0.2) is 0 Å². The number of Topliss-reactive ketones (excluding diaryl/α,β-unsaturated/α-hetero) is 1. The van der Waals surface area contributed by atoms with Crippen LogP contribution in [0.3, 0.4) is 0 Å². The van der Waals surface area contributed by atoms with E-state index in [1.54, 1.807) is 0 Å². The number of carbonyl (C=O) groups excluding carboxylic acids is 1. The molecule has 20 heavy (non-hydrogen) atoms. The Morgan fingerprint density at radius 1 is 1.25 bits per heavy atom. The fourth-order valence-corrected chi connectivity index (χ4v) is 3.40. The van der Waals surface area contributed by atoms with Crippen LogP contribution in [0.2, 0.25) is 0 Å². The molecule has 0 saturated heterocycles. The largest absolute Gasteiger partial charge is 0.299 e. The highest BCUT2D eigenvalue weighted by atomic mass is 16.1. The zero-order chi connectivity index (χ0) is 14.2. The van der Waals surface area contributed by atoms with E-state index in [1.807, 2.05) is 23.9 Å². The number of aromatic nitrogens is 2. The number of nitrogens with zero attached hydrogens (tertiary/aromatic N) is 2. The third-order valence-electron chi connectivity index (χ3n) is 4.79. The Bertz CT molecular complexity index is 635. The predicted molar refractivity (Wildman–Crippen MR) is 80.6 cm³/mol. The summed E-state index contributed by atoms with van der Waals surface area (Å²) in [7, 11) is 1.94. The molecule has 0 spiro atoms. The summed E-state index contributed by atoms with van der Waals surface area (Å²) >= 11 is 0. The average molecular weight is 270 g/mol. The summed E-state index contributed by atoms with van der Waals surface area (Å²) in [5.41, 5.74) is 1.90. The van der Waals surface area contributed by atoms with Gasteiger partial charge in [-0.1, -0.05) is 44.4 Å². The summed E-state index contributed by atoms with van der Waals surface area (Å²) in [6.45, 7) is 2.14.